The third kappa shape index (κ3) is 4.37. The predicted molar refractivity (Wildman–Crippen MR) is 134 cm³/mol. The Hall–Kier alpha value is -4.33. The number of rotatable bonds is 6. The molecule has 1 atom stereocenters. The van der Waals surface area contributed by atoms with Gasteiger partial charge in [0, 0.05) is 23.7 Å². The highest BCUT2D eigenvalue weighted by molar-refractivity contribution is 6.04. The second-order valence-electron chi connectivity index (χ2n) is 8.89. The minimum atomic E-state index is -0.920. The van der Waals surface area contributed by atoms with E-state index < -0.39 is 5.97 Å². The number of carbonyl (C=O) groups excluding carboxylic acids is 1. The van der Waals surface area contributed by atoms with Crippen molar-refractivity contribution in [2.45, 2.75) is 19.4 Å². The van der Waals surface area contributed by atoms with Crippen LogP contribution in [0.15, 0.2) is 66.7 Å². The highest BCUT2D eigenvalue weighted by Crippen LogP contribution is 2.35. The molecule has 1 aromatic heterocycles. The summed E-state index contributed by atoms with van der Waals surface area (Å²) in [6, 6.07) is 18.8. The zero-order valence-electron chi connectivity index (χ0n) is 19.9. The number of para-hydroxylation sites is 1. The first-order chi connectivity index (χ1) is 17.3. The van der Waals surface area contributed by atoms with Gasteiger partial charge in [-0.05, 0) is 61.0 Å². The fourth-order valence-corrected chi connectivity index (χ4v) is 4.68. The number of halogens is 1. The van der Waals surface area contributed by atoms with E-state index in [9.17, 15) is 19.1 Å². The van der Waals surface area contributed by atoms with Gasteiger partial charge in [-0.1, -0.05) is 18.2 Å². The molecular weight excluding hydrogens is 463 g/mol. The van der Waals surface area contributed by atoms with Gasteiger partial charge in [-0.25, -0.2) is 4.39 Å². The highest BCUT2D eigenvalue weighted by atomic mass is 19.1. The molecule has 1 aliphatic rings. The van der Waals surface area contributed by atoms with Crippen molar-refractivity contribution in [3.05, 3.63) is 89.4 Å². The third-order valence-electron chi connectivity index (χ3n) is 6.30. The largest absolute Gasteiger partial charge is 0.490 e. The van der Waals surface area contributed by atoms with Crippen LogP contribution in [0.1, 0.15) is 21.6 Å². The molecule has 0 saturated carbocycles. The lowest BCUT2D eigenvalue weighted by Crippen LogP contribution is -2.41. The molecule has 0 spiro atoms. The van der Waals surface area contributed by atoms with E-state index in [1.54, 1.807) is 53.1 Å². The van der Waals surface area contributed by atoms with Crippen LogP contribution in [0.2, 0.25) is 0 Å². The average Bonchev–Trinajstić information content (AvgIpc) is 3.19. The van der Waals surface area contributed by atoms with Crippen LogP contribution >= 0.6 is 0 Å². The molecule has 0 fully saturated rings. The van der Waals surface area contributed by atoms with Crippen molar-refractivity contribution >= 4 is 28.5 Å². The SMILES string of the molecule is Cc1cc2c(CC(=O)O)cccc2n1C(=O)c1ccc(OCC2CN(C)c3c(F)cccc3O2)cc1. The number of benzene rings is 3. The number of carbonyl (C=O) groups is 2. The summed E-state index contributed by atoms with van der Waals surface area (Å²) in [5, 5.41) is 9.95. The van der Waals surface area contributed by atoms with Crippen LogP contribution in [0.25, 0.3) is 10.9 Å². The Morgan fingerprint density at radius 2 is 1.86 bits per heavy atom. The summed E-state index contributed by atoms with van der Waals surface area (Å²) in [4.78, 5) is 26.4. The van der Waals surface area contributed by atoms with Gasteiger partial charge in [-0.15, -0.1) is 0 Å². The summed E-state index contributed by atoms with van der Waals surface area (Å²) in [5.41, 5.74) is 2.99. The van der Waals surface area contributed by atoms with Crippen LogP contribution in [0.3, 0.4) is 0 Å². The number of aryl methyl sites for hydroxylation is 1. The number of aromatic nitrogens is 1. The van der Waals surface area contributed by atoms with Crippen molar-refractivity contribution in [3.8, 4) is 11.5 Å². The lowest BCUT2D eigenvalue weighted by Gasteiger charge is -2.33. The number of anilines is 1. The van der Waals surface area contributed by atoms with E-state index in [4.69, 9.17) is 9.47 Å². The zero-order valence-corrected chi connectivity index (χ0v) is 19.9. The van der Waals surface area contributed by atoms with Crippen LogP contribution in [-0.4, -0.2) is 47.9 Å². The molecule has 0 bridgehead atoms. The fraction of sp³-hybridized carbons (Fsp3) is 0.214. The first-order valence-corrected chi connectivity index (χ1v) is 11.6. The van der Waals surface area contributed by atoms with Gasteiger partial charge >= 0.3 is 5.97 Å². The number of hydrogen-bond acceptors (Lipinski definition) is 5. The number of ether oxygens (including phenoxy) is 2. The number of nitrogens with zero attached hydrogens (tertiary/aromatic N) is 2. The van der Waals surface area contributed by atoms with E-state index in [0.29, 0.717) is 40.4 Å². The van der Waals surface area contributed by atoms with E-state index in [1.165, 1.54) is 6.07 Å². The molecule has 184 valence electrons. The smallest absolute Gasteiger partial charge is 0.307 e. The fourth-order valence-electron chi connectivity index (χ4n) is 4.68. The van der Waals surface area contributed by atoms with Gasteiger partial charge in [-0.3, -0.25) is 14.2 Å². The molecule has 0 saturated heterocycles. The maximum Gasteiger partial charge on any atom is 0.307 e. The maximum atomic E-state index is 14.1. The molecule has 0 aliphatic carbocycles. The summed E-state index contributed by atoms with van der Waals surface area (Å²) in [6.45, 7) is 2.57. The zero-order chi connectivity index (χ0) is 25.4. The number of carboxylic acid groups (broad SMARTS) is 1. The first kappa shape index (κ1) is 23.4. The highest BCUT2D eigenvalue weighted by Gasteiger charge is 2.26. The lowest BCUT2D eigenvalue weighted by molar-refractivity contribution is -0.136. The molecule has 36 heavy (non-hydrogen) atoms. The van der Waals surface area contributed by atoms with E-state index in [0.717, 1.165) is 11.1 Å². The molecule has 8 heteroatoms. The Morgan fingerprint density at radius 1 is 1.11 bits per heavy atom. The Kier molecular flexibility index (Phi) is 6.10. The molecule has 4 aromatic rings. The van der Waals surface area contributed by atoms with Gasteiger partial charge in [0.25, 0.3) is 5.91 Å². The predicted octanol–water partition coefficient (Wildman–Crippen LogP) is 4.68. The quantitative estimate of drug-likeness (QED) is 0.425. The molecule has 1 N–H and O–H groups in total. The molecule has 2 heterocycles. The summed E-state index contributed by atoms with van der Waals surface area (Å²) < 4.78 is 27.5. The van der Waals surface area contributed by atoms with Crippen LogP contribution in [-0.2, 0) is 11.2 Å². The maximum absolute atomic E-state index is 14.1. The van der Waals surface area contributed by atoms with E-state index in [-0.39, 0.29) is 30.9 Å². The Balaban J connectivity index is 1.29. The van der Waals surface area contributed by atoms with Gasteiger partial charge in [0.15, 0.2) is 0 Å². The Bertz CT molecular complexity index is 1460. The number of carboxylic acids is 1. The van der Waals surface area contributed by atoms with Crippen LogP contribution < -0.4 is 14.4 Å². The Labute approximate surface area is 207 Å². The lowest BCUT2D eigenvalue weighted by atomic mass is 10.1. The van der Waals surface area contributed by atoms with Crippen LogP contribution in [0.4, 0.5) is 10.1 Å². The van der Waals surface area contributed by atoms with Crippen molar-refractivity contribution in [1.82, 2.24) is 4.57 Å². The van der Waals surface area contributed by atoms with Crippen molar-refractivity contribution < 1.29 is 28.6 Å². The first-order valence-electron chi connectivity index (χ1n) is 11.6. The van der Waals surface area contributed by atoms with E-state index in [2.05, 4.69) is 0 Å². The van der Waals surface area contributed by atoms with Gasteiger partial charge in [0.05, 0.1) is 18.5 Å². The minimum absolute atomic E-state index is 0.109. The average molecular weight is 489 g/mol. The monoisotopic (exact) mass is 488 g/mol. The second-order valence-corrected chi connectivity index (χ2v) is 8.89. The topological polar surface area (TPSA) is 81.0 Å². The number of likely N-dealkylation sites (N-methyl/N-ethyl adjacent to an activating group) is 1. The van der Waals surface area contributed by atoms with Gasteiger partial charge < -0.3 is 19.5 Å². The van der Waals surface area contributed by atoms with Gasteiger partial charge in [-0.2, -0.15) is 0 Å². The standard InChI is InChI=1S/C28H25FN2O5/c1-17-13-22-19(14-26(32)33)5-3-7-24(22)31(17)28(34)18-9-11-20(12-10-18)35-16-21-15-30(2)27-23(29)6-4-8-25(27)36-21/h3-13,21H,14-16H2,1-2H3,(H,32,33). The molecule has 3 aromatic carbocycles. The number of fused-ring (bicyclic) bond motifs is 2. The summed E-state index contributed by atoms with van der Waals surface area (Å²) in [5.74, 6) is -0.382. The van der Waals surface area contributed by atoms with E-state index in [1.807, 2.05) is 31.0 Å². The number of aliphatic carboxylic acids is 1. The van der Waals surface area contributed by atoms with Crippen molar-refractivity contribution in [1.29, 1.82) is 0 Å². The van der Waals surface area contributed by atoms with Crippen LogP contribution in [0, 0.1) is 12.7 Å². The molecule has 7 nitrogen and oxygen atoms in total. The minimum Gasteiger partial charge on any atom is -0.490 e. The molecule has 1 unspecified atom stereocenters. The molecule has 5 rings (SSSR count). The van der Waals surface area contributed by atoms with Crippen molar-refractivity contribution in [2.75, 3.05) is 25.1 Å². The summed E-state index contributed by atoms with van der Waals surface area (Å²) in [6.07, 6.45) is -0.387. The second kappa shape index (κ2) is 9.37. The molecule has 0 radical (unpaired) electrons. The number of hydrogen-bond donors (Lipinski definition) is 1. The Morgan fingerprint density at radius 3 is 2.61 bits per heavy atom. The summed E-state index contributed by atoms with van der Waals surface area (Å²) in [7, 11) is 1.81. The normalized spacial score (nSPS) is 14.9. The van der Waals surface area contributed by atoms with Crippen molar-refractivity contribution in [3.63, 3.8) is 0 Å². The van der Waals surface area contributed by atoms with Gasteiger partial charge in [0.2, 0.25) is 0 Å². The van der Waals surface area contributed by atoms with E-state index >= 15 is 0 Å². The van der Waals surface area contributed by atoms with Crippen LogP contribution in [0.5, 0.6) is 11.5 Å². The van der Waals surface area contributed by atoms with Gasteiger partial charge in [0.1, 0.15) is 35.7 Å². The molecule has 0 amide bonds. The summed E-state index contributed by atoms with van der Waals surface area (Å²) >= 11 is 0. The molecule has 1 aliphatic heterocycles. The third-order valence-corrected chi connectivity index (χ3v) is 6.30. The molecular formula is C28H25FN2O5. The van der Waals surface area contributed by atoms with Crippen molar-refractivity contribution in [2.24, 2.45) is 0 Å².